The summed E-state index contributed by atoms with van der Waals surface area (Å²) in [4.78, 5) is 0. The molecule has 4 nitrogen and oxygen atoms in total. The van der Waals surface area contributed by atoms with Crippen molar-refractivity contribution in [3.8, 4) is 0 Å². The monoisotopic (exact) mass is 390 g/mol. The topological polar surface area (TPSA) is 36.9 Å². The first-order valence-corrected chi connectivity index (χ1v) is 14.2. The maximum Gasteiger partial charge on any atom is 0.324 e. The van der Waals surface area contributed by atoms with Crippen LogP contribution in [-0.2, 0) is 17.7 Å². The van der Waals surface area contributed by atoms with E-state index >= 15 is 0 Å². The molecule has 0 aromatic rings. The van der Waals surface area contributed by atoms with E-state index in [-0.39, 0.29) is 0 Å². The van der Waals surface area contributed by atoms with Crippen molar-refractivity contribution < 1.29 is 17.7 Å². The van der Waals surface area contributed by atoms with Crippen LogP contribution in [0.3, 0.4) is 0 Å². The maximum atomic E-state index is 5.49. The van der Waals surface area contributed by atoms with E-state index in [2.05, 4.69) is 13.8 Å². The van der Waals surface area contributed by atoms with Crippen LogP contribution in [0.5, 0.6) is 0 Å². The van der Waals surface area contributed by atoms with E-state index in [4.69, 9.17) is 17.7 Å². The molecule has 0 aliphatic carbocycles. The standard InChI is InChI=1S/C12H30O4S3Si2/c1-7-11(20(13-3)14-4)9-17-19-18-10-12(8-2)21(15-5)16-6/h11-12,20-21H,7-10H2,1-6H3. The molecule has 0 aliphatic rings. The molecule has 21 heavy (non-hydrogen) atoms. The van der Waals surface area contributed by atoms with Gasteiger partial charge in [0.2, 0.25) is 0 Å². The van der Waals surface area contributed by atoms with E-state index in [0.29, 0.717) is 11.1 Å². The highest BCUT2D eigenvalue weighted by Crippen LogP contribution is 2.40. The Labute approximate surface area is 145 Å². The number of rotatable bonds is 14. The normalized spacial score (nSPS) is 14.9. The van der Waals surface area contributed by atoms with E-state index in [1.54, 1.807) is 28.4 Å². The third kappa shape index (κ3) is 9.26. The molecule has 0 amide bonds. The zero-order valence-corrected chi connectivity index (χ0v) is 18.8. The molecule has 128 valence electrons. The van der Waals surface area contributed by atoms with E-state index in [1.807, 2.05) is 31.4 Å². The Kier molecular flexibility index (Phi) is 15.8. The summed E-state index contributed by atoms with van der Waals surface area (Å²) in [7, 11) is 9.79. The van der Waals surface area contributed by atoms with Gasteiger partial charge in [0, 0.05) is 51.0 Å². The molecule has 2 atom stereocenters. The Bertz CT molecular complexity index is 213. The molecule has 0 radical (unpaired) electrons. The summed E-state index contributed by atoms with van der Waals surface area (Å²) in [5.41, 5.74) is 1.14. The van der Waals surface area contributed by atoms with Gasteiger partial charge in [0.1, 0.15) is 0 Å². The average molecular weight is 391 g/mol. The van der Waals surface area contributed by atoms with Crippen molar-refractivity contribution in [2.24, 2.45) is 0 Å². The van der Waals surface area contributed by atoms with Gasteiger partial charge in [-0.1, -0.05) is 48.3 Å². The molecule has 0 saturated carbocycles. The van der Waals surface area contributed by atoms with E-state index in [0.717, 1.165) is 24.3 Å². The van der Waals surface area contributed by atoms with E-state index < -0.39 is 18.6 Å². The second-order valence-electron chi connectivity index (χ2n) is 4.65. The summed E-state index contributed by atoms with van der Waals surface area (Å²) < 4.78 is 21.9. The fraction of sp³-hybridized carbons (Fsp3) is 1.00. The lowest BCUT2D eigenvalue weighted by molar-refractivity contribution is 0.266. The Balaban J connectivity index is 3.92. The first-order chi connectivity index (χ1) is 10.2. The van der Waals surface area contributed by atoms with Gasteiger partial charge in [0.05, 0.1) is 0 Å². The fourth-order valence-corrected chi connectivity index (χ4v) is 11.6. The summed E-state index contributed by atoms with van der Waals surface area (Å²) in [6.07, 6.45) is 2.24. The summed E-state index contributed by atoms with van der Waals surface area (Å²) in [6.45, 7) is 4.42. The van der Waals surface area contributed by atoms with Crippen molar-refractivity contribution >= 4 is 50.0 Å². The van der Waals surface area contributed by atoms with Crippen molar-refractivity contribution in [2.45, 2.75) is 37.8 Å². The molecule has 9 heteroatoms. The highest BCUT2D eigenvalue weighted by Gasteiger charge is 2.24. The second kappa shape index (κ2) is 14.9. The molecular formula is C12H30O4S3Si2. The van der Waals surface area contributed by atoms with Gasteiger partial charge in [0.25, 0.3) is 0 Å². The van der Waals surface area contributed by atoms with Gasteiger partial charge in [-0.05, 0) is 9.83 Å². The Morgan fingerprint density at radius 3 is 1.29 bits per heavy atom. The van der Waals surface area contributed by atoms with Crippen LogP contribution >= 0.6 is 31.4 Å². The minimum Gasteiger partial charge on any atom is -0.400 e. The van der Waals surface area contributed by atoms with Gasteiger partial charge >= 0.3 is 18.6 Å². The van der Waals surface area contributed by atoms with Crippen LogP contribution in [0.2, 0.25) is 11.1 Å². The smallest absolute Gasteiger partial charge is 0.324 e. The molecular weight excluding hydrogens is 361 g/mol. The van der Waals surface area contributed by atoms with Gasteiger partial charge < -0.3 is 17.7 Å². The second-order valence-corrected chi connectivity index (χ2v) is 14.2. The van der Waals surface area contributed by atoms with Crippen LogP contribution in [0, 0.1) is 0 Å². The van der Waals surface area contributed by atoms with Crippen LogP contribution in [0.4, 0.5) is 0 Å². The lowest BCUT2D eigenvalue weighted by atomic mass is 10.4. The molecule has 2 unspecified atom stereocenters. The molecule has 0 heterocycles. The van der Waals surface area contributed by atoms with Gasteiger partial charge in [0.15, 0.2) is 0 Å². The Morgan fingerprint density at radius 1 is 0.714 bits per heavy atom. The van der Waals surface area contributed by atoms with Gasteiger partial charge in [-0.2, -0.15) is 0 Å². The molecule has 0 aliphatic heterocycles. The Morgan fingerprint density at radius 2 is 1.05 bits per heavy atom. The van der Waals surface area contributed by atoms with E-state index in [1.165, 1.54) is 0 Å². The van der Waals surface area contributed by atoms with Crippen molar-refractivity contribution in [2.75, 3.05) is 39.9 Å². The van der Waals surface area contributed by atoms with Crippen LogP contribution < -0.4 is 0 Å². The molecule has 0 fully saturated rings. The molecule has 0 N–H and O–H groups in total. The van der Waals surface area contributed by atoms with Gasteiger partial charge in [-0.15, -0.1) is 0 Å². The van der Waals surface area contributed by atoms with E-state index in [9.17, 15) is 0 Å². The van der Waals surface area contributed by atoms with Crippen molar-refractivity contribution in [1.82, 2.24) is 0 Å². The molecule has 0 aromatic heterocycles. The van der Waals surface area contributed by atoms with Crippen LogP contribution in [0.1, 0.15) is 26.7 Å². The zero-order valence-electron chi connectivity index (χ0n) is 14.0. The summed E-state index contributed by atoms with van der Waals surface area (Å²) in [5, 5.41) is 0. The minimum absolute atomic E-state index is 0.570. The lowest BCUT2D eigenvalue weighted by Crippen LogP contribution is -2.27. The summed E-state index contributed by atoms with van der Waals surface area (Å²) in [5.74, 6) is 2.19. The maximum absolute atomic E-state index is 5.49. The highest BCUT2D eigenvalue weighted by atomic mass is 33.5. The SMILES string of the molecule is CCC(CSSSCC(CC)[SiH](OC)OC)[SiH](OC)OC. The van der Waals surface area contributed by atoms with Crippen molar-refractivity contribution in [3.63, 3.8) is 0 Å². The predicted octanol–water partition coefficient (Wildman–Crippen LogP) is 3.60. The quantitative estimate of drug-likeness (QED) is 0.255. The third-order valence-corrected chi connectivity index (χ3v) is 13.4. The van der Waals surface area contributed by atoms with Crippen LogP contribution in [-0.4, -0.2) is 58.5 Å². The van der Waals surface area contributed by atoms with Crippen molar-refractivity contribution in [1.29, 1.82) is 0 Å². The van der Waals surface area contributed by atoms with Gasteiger partial charge in [-0.3, -0.25) is 0 Å². The Hall–Kier alpha value is 1.32. The summed E-state index contributed by atoms with van der Waals surface area (Å²) >= 11 is 0. The number of hydrogen-bond donors (Lipinski definition) is 0. The fourth-order valence-electron chi connectivity index (χ4n) is 2.00. The predicted molar refractivity (Wildman–Crippen MR) is 103 cm³/mol. The number of hydrogen-bond acceptors (Lipinski definition) is 7. The molecule has 0 bridgehead atoms. The summed E-state index contributed by atoms with van der Waals surface area (Å²) in [6, 6.07) is 0. The largest absolute Gasteiger partial charge is 0.400 e. The first kappa shape index (κ1) is 22.3. The van der Waals surface area contributed by atoms with Gasteiger partial charge in [-0.25, -0.2) is 0 Å². The highest BCUT2D eigenvalue weighted by molar-refractivity contribution is 9.09. The molecule has 0 saturated heterocycles. The minimum atomic E-state index is -1.49. The molecule has 0 spiro atoms. The zero-order chi connectivity index (χ0) is 16.1. The lowest BCUT2D eigenvalue weighted by Gasteiger charge is -2.21. The molecule has 0 aromatic carbocycles. The van der Waals surface area contributed by atoms with Crippen LogP contribution in [0.25, 0.3) is 0 Å². The molecule has 0 rings (SSSR count). The third-order valence-electron chi connectivity index (χ3n) is 3.41. The first-order valence-electron chi connectivity index (χ1n) is 7.20. The van der Waals surface area contributed by atoms with Crippen LogP contribution in [0.15, 0.2) is 0 Å². The average Bonchev–Trinajstić information content (AvgIpc) is 2.52. The van der Waals surface area contributed by atoms with Crippen molar-refractivity contribution in [3.05, 3.63) is 0 Å².